The third kappa shape index (κ3) is 2.99. The average molecular weight is 290 g/mol. The molecule has 0 aliphatic rings. The summed E-state index contributed by atoms with van der Waals surface area (Å²) in [6.07, 6.45) is 0. The molecule has 21 heavy (non-hydrogen) atoms. The fourth-order valence-corrected chi connectivity index (χ4v) is 2.51. The Kier molecular flexibility index (Phi) is 4.45. The fourth-order valence-electron chi connectivity index (χ4n) is 2.51. The molecule has 2 rings (SSSR count). The van der Waals surface area contributed by atoms with Crippen molar-refractivity contribution in [3.63, 3.8) is 0 Å². The van der Waals surface area contributed by atoms with Gasteiger partial charge in [0.15, 0.2) is 12.3 Å². The lowest BCUT2D eigenvalue weighted by Gasteiger charge is -2.18. The number of aryl methyl sites for hydroxylation is 3. The summed E-state index contributed by atoms with van der Waals surface area (Å²) in [5.41, 5.74) is 2.77. The maximum Gasteiger partial charge on any atom is 0.260 e. The summed E-state index contributed by atoms with van der Waals surface area (Å²) in [6.45, 7) is 9.24. The van der Waals surface area contributed by atoms with Gasteiger partial charge >= 0.3 is 0 Å². The van der Waals surface area contributed by atoms with Crippen molar-refractivity contribution in [1.29, 1.82) is 0 Å². The number of ether oxygens (including phenoxy) is 1. The molecule has 0 radical (unpaired) electrons. The first-order valence-electron chi connectivity index (χ1n) is 7.19. The van der Waals surface area contributed by atoms with Crippen molar-refractivity contribution in [3.05, 3.63) is 17.3 Å². The van der Waals surface area contributed by atoms with E-state index >= 15 is 0 Å². The fraction of sp³-hybridized carbons (Fsp3) is 0.533. The molecular weight excluding hydrogens is 268 g/mol. The van der Waals surface area contributed by atoms with E-state index in [1.54, 1.807) is 9.58 Å². The van der Waals surface area contributed by atoms with Gasteiger partial charge in [0.2, 0.25) is 5.88 Å². The van der Waals surface area contributed by atoms with Gasteiger partial charge in [0.25, 0.3) is 5.91 Å². The summed E-state index contributed by atoms with van der Waals surface area (Å²) in [4.78, 5) is 18.1. The number of carbonyl (C=O) groups excluding carboxylic acids is 1. The van der Waals surface area contributed by atoms with Gasteiger partial charge in [-0.15, -0.1) is 0 Å². The van der Waals surface area contributed by atoms with Crippen LogP contribution in [0.2, 0.25) is 0 Å². The molecule has 0 bridgehead atoms. The van der Waals surface area contributed by atoms with Gasteiger partial charge in [-0.2, -0.15) is 10.1 Å². The van der Waals surface area contributed by atoms with Gasteiger partial charge in [0.1, 0.15) is 0 Å². The molecule has 0 saturated carbocycles. The predicted octanol–water partition coefficient (Wildman–Crippen LogP) is 1.83. The first kappa shape index (κ1) is 15.3. The third-order valence-electron chi connectivity index (χ3n) is 3.60. The summed E-state index contributed by atoms with van der Waals surface area (Å²) in [7, 11) is 1.85. The molecule has 2 aromatic heterocycles. The van der Waals surface area contributed by atoms with Gasteiger partial charge < -0.3 is 9.64 Å². The number of pyridine rings is 1. The van der Waals surface area contributed by atoms with Crippen molar-refractivity contribution in [3.8, 4) is 5.88 Å². The van der Waals surface area contributed by atoms with Crippen molar-refractivity contribution in [1.82, 2.24) is 19.7 Å². The van der Waals surface area contributed by atoms with Crippen molar-refractivity contribution in [2.24, 2.45) is 7.05 Å². The Hall–Kier alpha value is -2.11. The number of hydrogen-bond donors (Lipinski definition) is 0. The molecule has 0 N–H and O–H groups in total. The summed E-state index contributed by atoms with van der Waals surface area (Å²) in [6, 6.07) is 1.85. The Labute approximate surface area is 124 Å². The summed E-state index contributed by atoms with van der Waals surface area (Å²) in [5.74, 6) is 0.434. The largest absolute Gasteiger partial charge is 0.467 e. The first-order valence-corrected chi connectivity index (χ1v) is 7.19. The Morgan fingerprint density at radius 2 is 2.00 bits per heavy atom. The van der Waals surface area contributed by atoms with E-state index in [1.165, 1.54) is 0 Å². The molecule has 2 heterocycles. The Bertz CT molecular complexity index is 659. The van der Waals surface area contributed by atoms with E-state index in [1.807, 2.05) is 40.8 Å². The minimum atomic E-state index is -0.0271. The monoisotopic (exact) mass is 290 g/mol. The maximum absolute atomic E-state index is 12.0. The summed E-state index contributed by atoms with van der Waals surface area (Å²) < 4.78 is 7.30. The molecule has 0 fully saturated rings. The maximum atomic E-state index is 12.0. The second-order valence-corrected chi connectivity index (χ2v) is 5.04. The number of nitrogens with zero attached hydrogens (tertiary/aromatic N) is 4. The van der Waals surface area contributed by atoms with Crippen LogP contribution in [0.5, 0.6) is 5.88 Å². The highest BCUT2D eigenvalue weighted by Crippen LogP contribution is 2.23. The number of hydrogen-bond acceptors (Lipinski definition) is 4. The molecule has 2 aromatic rings. The molecule has 0 saturated heterocycles. The second kappa shape index (κ2) is 6.11. The molecule has 0 atom stereocenters. The highest BCUT2D eigenvalue weighted by atomic mass is 16.5. The highest BCUT2D eigenvalue weighted by Gasteiger charge is 2.14. The molecule has 0 aliphatic heterocycles. The number of fused-ring (bicyclic) bond motifs is 1. The molecule has 6 heteroatoms. The molecule has 0 unspecified atom stereocenters. The average Bonchev–Trinajstić information content (AvgIpc) is 2.73. The van der Waals surface area contributed by atoms with Crippen LogP contribution in [0.25, 0.3) is 11.0 Å². The zero-order valence-electron chi connectivity index (χ0n) is 13.3. The van der Waals surface area contributed by atoms with Gasteiger partial charge in [-0.25, -0.2) is 0 Å². The quantitative estimate of drug-likeness (QED) is 0.843. The molecule has 114 valence electrons. The predicted molar refractivity (Wildman–Crippen MR) is 81.4 cm³/mol. The Morgan fingerprint density at radius 1 is 1.33 bits per heavy atom. The highest BCUT2D eigenvalue weighted by molar-refractivity contribution is 5.82. The normalized spacial score (nSPS) is 10.9. The van der Waals surface area contributed by atoms with Crippen LogP contribution in [-0.2, 0) is 11.8 Å². The number of aromatic nitrogens is 3. The standard InChI is InChI=1S/C15H22N4O2/c1-6-19(7-2)13(20)9-21-12-8-10(3)14-11(4)17-18(5)15(14)16-12/h8H,6-7,9H2,1-5H3. The molecule has 1 amide bonds. The van der Waals surface area contributed by atoms with E-state index in [9.17, 15) is 4.79 Å². The number of amides is 1. The lowest BCUT2D eigenvalue weighted by Crippen LogP contribution is -2.34. The molecule has 0 aliphatic carbocycles. The van der Waals surface area contributed by atoms with Crippen molar-refractivity contribution in [2.75, 3.05) is 19.7 Å². The van der Waals surface area contributed by atoms with E-state index in [0.717, 1.165) is 22.3 Å². The summed E-state index contributed by atoms with van der Waals surface area (Å²) >= 11 is 0. The van der Waals surface area contributed by atoms with Crippen LogP contribution in [0.3, 0.4) is 0 Å². The van der Waals surface area contributed by atoms with Gasteiger partial charge in [-0.1, -0.05) is 0 Å². The first-order chi connectivity index (χ1) is 9.97. The third-order valence-corrected chi connectivity index (χ3v) is 3.60. The van der Waals surface area contributed by atoms with Gasteiger partial charge in [0.05, 0.1) is 5.69 Å². The van der Waals surface area contributed by atoms with E-state index in [2.05, 4.69) is 10.1 Å². The lowest BCUT2D eigenvalue weighted by molar-refractivity contribution is -0.133. The number of likely N-dealkylation sites (N-methyl/N-ethyl adjacent to an activating group) is 1. The van der Waals surface area contributed by atoms with E-state index < -0.39 is 0 Å². The minimum absolute atomic E-state index is 0.0104. The van der Waals surface area contributed by atoms with Crippen LogP contribution in [0.15, 0.2) is 6.07 Å². The van der Waals surface area contributed by atoms with Gasteiger partial charge in [0, 0.05) is 31.6 Å². The molecule has 6 nitrogen and oxygen atoms in total. The Balaban J connectivity index is 2.20. The minimum Gasteiger partial charge on any atom is -0.467 e. The van der Waals surface area contributed by atoms with Crippen LogP contribution in [0, 0.1) is 13.8 Å². The summed E-state index contributed by atoms with van der Waals surface area (Å²) in [5, 5.41) is 5.41. The second-order valence-electron chi connectivity index (χ2n) is 5.04. The number of carbonyl (C=O) groups is 1. The zero-order valence-corrected chi connectivity index (χ0v) is 13.3. The zero-order chi connectivity index (χ0) is 15.6. The molecule has 0 spiro atoms. The van der Waals surface area contributed by atoms with Crippen LogP contribution in [0.4, 0.5) is 0 Å². The van der Waals surface area contributed by atoms with Gasteiger partial charge in [-0.05, 0) is 33.3 Å². The lowest BCUT2D eigenvalue weighted by atomic mass is 10.2. The van der Waals surface area contributed by atoms with Crippen LogP contribution < -0.4 is 4.74 Å². The molecular formula is C15H22N4O2. The SMILES string of the molecule is CCN(CC)C(=O)COc1cc(C)c2c(C)nn(C)c2n1. The Morgan fingerprint density at radius 3 is 2.62 bits per heavy atom. The molecule has 0 aromatic carbocycles. The van der Waals surface area contributed by atoms with E-state index in [0.29, 0.717) is 19.0 Å². The van der Waals surface area contributed by atoms with Gasteiger partial charge in [-0.3, -0.25) is 9.48 Å². The van der Waals surface area contributed by atoms with Crippen molar-refractivity contribution >= 4 is 16.9 Å². The topological polar surface area (TPSA) is 60.3 Å². The van der Waals surface area contributed by atoms with E-state index in [4.69, 9.17) is 4.74 Å². The van der Waals surface area contributed by atoms with Crippen molar-refractivity contribution < 1.29 is 9.53 Å². The number of rotatable bonds is 5. The smallest absolute Gasteiger partial charge is 0.260 e. The van der Waals surface area contributed by atoms with Crippen LogP contribution in [-0.4, -0.2) is 45.3 Å². The van der Waals surface area contributed by atoms with E-state index in [-0.39, 0.29) is 12.5 Å². The van der Waals surface area contributed by atoms with Crippen LogP contribution in [0.1, 0.15) is 25.1 Å². The van der Waals surface area contributed by atoms with Crippen LogP contribution >= 0.6 is 0 Å². The van der Waals surface area contributed by atoms with Crippen molar-refractivity contribution in [2.45, 2.75) is 27.7 Å².